The highest BCUT2D eigenvalue weighted by atomic mass is 16.5. The maximum atomic E-state index is 5.72. The van der Waals surface area contributed by atoms with Crippen molar-refractivity contribution in [1.29, 1.82) is 0 Å². The van der Waals surface area contributed by atoms with Gasteiger partial charge in [0, 0.05) is 18.0 Å². The standard InChI is InChI=1S/C13H19NO/c1-3-12(14-4-2)11-7-5-6-10-8-9-15-13(10)11/h5-7,12,14H,3-4,8-9H2,1-2H3. The van der Waals surface area contributed by atoms with E-state index in [0.717, 1.165) is 31.7 Å². The highest BCUT2D eigenvalue weighted by molar-refractivity contribution is 5.45. The summed E-state index contributed by atoms with van der Waals surface area (Å²) in [5.74, 6) is 1.13. The van der Waals surface area contributed by atoms with Gasteiger partial charge in [0.2, 0.25) is 0 Å². The number of para-hydroxylation sites is 1. The zero-order valence-corrected chi connectivity index (χ0v) is 9.55. The molecule has 1 aliphatic rings. The van der Waals surface area contributed by atoms with Crippen molar-refractivity contribution in [2.75, 3.05) is 13.2 Å². The van der Waals surface area contributed by atoms with Gasteiger partial charge in [-0.15, -0.1) is 0 Å². The number of benzene rings is 1. The number of nitrogens with one attached hydrogen (secondary N) is 1. The first kappa shape index (κ1) is 10.5. The Morgan fingerprint density at radius 1 is 1.40 bits per heavy atom. The Morgan fingerprint density at radius 3 is 3.00 bits per heavy atom. The Kier molecular flexibility index (Phi) is 3.27. The van der Waals surface area contributed by atoms with Crippen molar-refractivity contribution in [3.8, 4) is 5.75 Å². The first-order valence-electron chi connectivity index (χ1n) is 5.84. The topological polar surface area (TPSA) is 21.3 Å². The first-order valence-corrected chi connectivity index (χ1v) is 5.84. The third kappa shape index (κ3) is 2.00. The van der Waals surface area contributed by atoms with Crippen molar-refractivity contribution in [3.05, 3.63) is 29.3 Å². The molecule has 2 rings (SSSR count). The predicted octanol–water partition coefficient (Wildman–Crippen LogP) is 2.68. The van der Waals surface area contributed by atoms with Crippen LogP contribution in [0.25, 0.3) is 0 Å². The third-order valence-electron chi connectivity index (χ3n) is 2.98. The number of hydrogen-bond acceptors (Lipinski definition) is 2. The molecule has 1 N–H and O–H groups in total. The van der Waals surface area contributed by atoms with Crippen molar-refractivity contribution in [2.24, 2.45) is 0 Å². The van der Waals surface area contributed by atoms with E-state index in [9.17, 15) is 0 Å². The van der Waals surface area contributed by atoms with Gasteiger partial charge < -0.3 is 10.1 Å². The van der Waals surface area contributed by atoms with E-state index in [1.54, 1.807) is 0 Å². The molecule has 1 aliphatic heterocycles. The molecule has 1 aromatic rings. The van der Waals surface area contributed by atoms with Crippen LogP contribution in [0.2, 0.25) is 0 Å². The average molecular weight is 205 g/mol. The van der Waals surface area contributed by atoms with E-state index in [0.29, 0.717) is 6.04 Å². The van der Waals surface area contributed by atoms with E-state index in [1.165, 1.54) is 11.1 Å². The van der Waals surface area contributed by atoms with Crippen molar-refractivity contribution < 1.29 is 4.74 Å². The molecule has 1 aromatic carbocycles. The summed E-state index contributed by atoms with van der Waals surface area (Å²) >= 11 is 0. The maximum Gasteiger partial charge on any atom is 0.127 e. The van der Waals surface area contributed by atoms with Gasteiger partial charge in [0.1, 0.15) is 5.75 Å². The zero-order valence-electron chi connectivity index (χ0n) is 9.55. The zero-order chi connectivity index (χ0) is 10.7. The molecule has 1 unspecified atom stereocenters. The smallest absolute Gasteiger partial charge is 0.127 e. The molecule has 0 radical (unpaired) electrons. The Bertz CT molecular complexity index is 335. The van der Waals surface area contributed by atoms with Gasteiger partial charge >= 0.3 is 0 Å². The molecule has 0 saturated carbocycles. The summed E-state index contributed by atoms with van der Waals surface area (Å²) in [5.41, 5.74) is 2.69. The van der Waals surface area contributed by atoms with Crippen molar-refractivity contribution in [1.82, 2.24) is 5.32 Å². The minimum absolute atomic E-state index is 0.433. The van der Waals surface area contributed by atoms with E-state index in [1.807, 2.05) is 0 Å². The second-order valence-electron chi connectivity index (χ2n) is 3.95. The Labute approximate surface area is 91.6 Å². The molecule has 1 atom stereocenters. The SMILES string of the molecule is CCNC(CC)c1cccc2c1OCC2. The molecule has 0 amide bonds. The van der Waals surface area contributed by atoms with Crippen LogP contribution in [0.3, 0.4) is 0 Å². The van der Waals surface area contributed by atoms with Crippen molar-refractivity contribution in [3.63, 3.8) is 0 Å². The largest absolute Gasteiger partial charge is 0.493 e. The second kappa shape index (κ2) is 4.67. The summed E-state index contributed by atoms with van der Waals surface area (Å²) in [7, 11) is 0. The van der Waals surface area contributed by atoms with E-state index in [4.69, 9.17) is 4.74 Å². The maximum absolute atomic E-state index is 5.72. The molecule has 82 valence electrons. The highest BCUT2D eigenvalue weighted by Gasteiger charge is 2.20. The van der Waals surface area contributed by atoms with Crippen LogP contribution in [0.5, 0.6) is 5.75 Å². The quantitative estimate of drug-likeness (QED) is 0.816. The Morgan fingerprint density at radius 2 is 2.27 bits per heavy atom. The monoisotopic (exact) mass is 205 g/mol. The van der Waals surface area contributed by atoms with Crippen LogP contribution in [0.4, 0.5) is 0 Å². The lowest BCUT2D eigenvalue weighted by atomic mass is 10.00. The summed E-state index contributed by atoms with van der Waals surface area (Å²) in [6.45, 7) is 6.20. The molecule has 1 heterocycles. The van der Waals surface area contributed by atoms with Crippen molar-refractivity contribution in [2.45, 2.75) is 32.7 Å². The molecular formula is C13H19NO. The third-order valence-corrected chi connectivity index (χ3v) is 2.98. The van der Waals surface area contributed by atoms with Crippen LogP contribution in [0.1, 0.15) is 37.4 Å². The van der Waals surface area contributed by atoms with E-state index in [-0.39, 0.29) is 0 Å². The van der Waals surface area contributed by atoms with Gasteiger partial charge in [0.05, 0.1) is 6.61 Å². The summed E-state index contributed by atoms with van der Waals surface area (Å²) in [6, 6.07) is 6.93. The lowest BCUT2D eigenvalue weighted by Crippen LogP contribution is -2.20. The summed E-state index contributed by atoms with van der Waals surface area (Å²) < 4.78 is 5.72. The van der Waals surface area contributed by atoms with Gasteiger partial charge in [-0.2, -0.15) is 0 Å². The fourth-order valence-electron chi connectivity index (χ4n) is 2.24. The average Bonchev–Trinajstić information content (AvgIpc) is 2.73. The van der Waals surface area contributed by atoms with Gasteiger partial charge in [-0.1, -0.05) is 32.0 Å². The van der Waals surface area contributed by atoms with Gasteiger partial charge in [-0.05, 0) is 18.5 Å². The van der Waals surface area contributed by atoms with E-state index in [2.05, 4.69) is 37.4 Å². The number of hydrogen-bond donors (Lipinski definition) is 1. The number of rotatable bonds is 4. The Balaban J connectivity index is 2.30. The normalized spacial score (nSPS) is 15.9. The lowest BCUT2D eigenvalue weighted by molar-refractivity contribution is 0.347. The van der Waals surface area contributed by atoms with E-state index < -0.39 is 0 Å². The lowest BCUT2D eigenvalue weighted by Gasteiger charge is -2.18. The van der Waals surface area contributed by atoms with Crippen LogP contribution in [0.15, 0.2) is 18.2 Å². The van der Waals surface area contributed by atoms with E-state index >= 15 is 0 Å². The predicted molar refractivity (Wildman–Crippen MR) is 62.3 cm³/mol. The minimum Gasteiger partial charge on any atom is -0.493 e. The van der Waals surface area contributed by atoms with Crippen LogP contribution in [-0.4, -0.2) is 13.2 Å². The molecule has 2 nitrogen and oxygen atoms in total. The summed E-state index contributed by atoms with van der Waals surface area (Å²) in [6.07, 6.45) is 2.17. The first-order chi connectivity index (χ1) is 7.36. The fourth-order valence-corrected chi connectivity index (χ4v) is 2.24. The molecule has 0 fully saturated rings. The number of fused-ring (bicyclic) bond motifs is 1. The van der Waals surface area contributed by atoms with Crippen LogP contribution >= 0.6 is 0 Å². The van der Waals surface area contributed by atoms with Gasteiger partial charge in [0.25, 0.3) is 0 Å². The van der Waals surface area contributed by atoms with Gasteiger partial charge in [-0.3, -0.25) is 0 Å². The minimum atomic E-state index is 0.433. The summed E-state index contributed by atoms with van der Waals surface area (Å²) in [4.78, 5) is 0. The molecule has 2 heteroatoms. The molecular weight excluding hydrogens is 186 g/mol. The number of ether oxygens (including phenoxy) is 1. The van der Waals surface area contributed by atoms with Gasteiger partial charge in [-0.25, -0.2) is 0 Å². The molecule has 15 heavy (non-hydrogen) atoms. The molecule has 0 saturated heterocycles. The van der Waals surface area contributed by atoms with Crippen LogP contribution in [-0.2, 0) is 6.42 Å². The highest BCUT2D eigenvalue weighted by Crippen LogP contribution is 2.34. The van der Waals surface area contributed by atoms with Crippen molar-refractivity contribution >= 4 is 0 Å². The molecule has 0 spiro atoms. The molecule has 0 bridgehead atoms. The second-order valence-corrected chi connectivity index (χ2v) is 3.95. The Hall–Kier alpha value is -1.02. The van der Waals surface area contributed by atoms with Crippen LogP contribution in [0, 0.1) is 0 Å². The summed E-state index contributed by atoms with van der Waals surface area (Å²) in [5, 5.41) is 3.50. The van der Waals surface area contributed by atoms with Gasteiger partial charge in [0.15, 0.2) is 0 Å². The molecule has 0 aliphatic carbocycles. The molecule has 0 aromatic heterocycles. The van der Waals surface area contributed by atoms with Crippen LogP contribution < -0.4 is 10.1 Å². The fraction of sp³-hybridized carbons (Fsp3) is 0.538.